The van der Waals surface area contributed by atoms with Crippen molar-refractivity contribution in [1.82, 2.24) is 15.1 Å². The third-order valence-electron chi connectivity index (χ3n) is 4.25. The number of carbonyl (C=O) groups is 2. The van der Waals surface area contributed by atoms with E-state index in [1.54, 1.807) is 29.1 Å². The van der Waals surface area contributed by atoms with E-state index in [1.165, 1.54) is 6.92 Å². The molecular formula is C17H21Cl2N5O2. The number of nitrogens with zero attached hydrogens (tertiary/aromatic N) is 2. The van der Waals surface area contributed by atoms with Crippen molar-refractivity contribution in [3.63, 3.8) is 0 Å². The van der Waals surface area contributed by atoms with Gasteiger partial charge in [0.1, 0.15) is 0 Å². The summed E-state index contributed by atoms with van der Waals surface area (Å²) in [6, 6.07) is 4.98. The highest BCUT2D eigenvalue weighted by Gasteiger charge is 2.35. The molecule has 3 N–H and O–H groups in total. The minimum Gasteiger partial charge on any atom is -0.324 e. The van der Waals surface area contributed by atoms with Gasteiger partial charge in [0.05, 0.1) is 23.5 Å². The summed E-state index contributed by atoms with van der Waals surface area (Å²) in [4.78, 5) is 24.2. The van der Waals surface area contributed by atoms with Crippen molar-refractivity contribution in [2.75, 3.05) is 23.7 Å². The van der Waals surface area contributed by atoms with Crippen molar-refractivity contribution >= 4 is 47.2 Å². The molecule has 0 bridgehead atoms. The summed E-state index contributed by atoms with van der Waals surface area (Å²) >= 11 is 5.99. The molecule has 26 heavy (non-hydrogen) atoms. The van der Waals surface area contributed by atoms with Gasteiger partial charge in [0.2, 0.25) is 11.8 Å². The molecule has 2 aromatic rings. The summed E-state index contributed by atoms with van der Waals surface area (Å²) in [6.07, 6.45) is 3.73. The van der Waals surface area contributed by atoms with E-state index in [0.717, 1.165) is 12.1 Å². The van der Waals surface area contributed by atoms with Crippen LogP contribution in [0, 0.1) is 5.92 Å². The number of aromatic nitrogens is 2. The van der Waals surface area contributed by atoms with Crippen molar-refractivity contribution in [3.8, 4) is 0 Å². The minimum absolute atomic E-state index is 0. The Morgan fingerprint density at radius 1 is 1.27 bits per heavy atom. The number of carbonyl (C=O) groups excluding carboxylic acids is 2. The lowest BCUT2D eigenvalue weighted by Gasteiger charge is -2.18. The third kappa shape index (κ3) is 4.55. The first-order valence-corrected chi connectivity index (χ1v) is 8.39. The zero-order valence-electron chi connectivity index (χ0n) is 14.5. The first kappa shape index (κ1) is 20.2. The van der Waals surface area contributed by atoms with Gasteiger partial charge in [0.15, 0.2) is 0 Å². The van der Waals surface area contributed by atoms with E-state index in [1.807, 2.05) is 13.2 Å². The number of anilines is 2. The van der Waals surface area contributed by atoms with Gasteiger partial charge in [-0.3, -0.25) is 14.3 Å². The topological polar surface area (TPSA) is 88.1 Å². The van der Waals surface area contributed by atoms with Crippen LogP contribution in [0.4, 0.5) is 11.4 Å². The fourth-order valence-corrected chi connectivity index (χ4v) is 3.25. The second kappa shape index (κ2) is 8.53. The second-order valence-corrected chi connectivity index (χ2v) is 6.62. The molecule has 0 aliphatic carbocycles. The van der Waals surface area contributed by atoms with Gasteiger partial charge in [-0.15, -0.1) is 12.4 Å². The molecular weight excluding hydrogens is 377 g/mol. The highest BCUT2D eigenvalue weighted by Crippen LogP contribution is 2.31. The van der Waals surface area contributed by atoms with E-state index < -0.39 is 0 Å². The summed E-state index contributed by atoms with van der Waals surface area (Å²) in [7, 11) is 1.86. The molecule has 0 spiro atoms. The summed E-state index contributed by atoms with van der Waals surface area (Å²) in [5.41, 5.74) is 2.05. The fraction of sp³-hybridized carbons (Fsp3) is 0.353. The van der Waals surface area contributed by atoms with E-state index in [0.29, 0.717) is 22.9 Å². The highest BCUT2D eigenvalue weighted by molar-refractivity contribution is 6.31. The van der Waals surface area contributed by atoms with Crippen LogP contribution in [0.1, 0.15) is 18.4 Å². The Hall–Kier alpha value is -2.09. The summed E-state index contributed by atoms with van der Waals surface area (Å²) in [5.74, 6) is -0.489. The number of hydrogen-bond donors (Lipinski definition) is 3. The minimum atomic E-state index is -0.228. The largest absolute Gasteiger partial charge is 0.324 e. The zero-order valence-corrected chi connectivity index (χ0v) is 16.0. The van der Waals surface area contributed by atoms with E-state index in [4.69, 9.17) is 11.6 Å². The van der Waals surface area contributed by atoms with Crippen LogP contribution in [-0.4, -0.2) is 34.7 Å². The van der Waals surface area contributed by atoms with Gasteiger partial charge < -0.3 is 16.0 Å². The number of amides is 2. The van der Waals surface area contributed by atoms with E-state index in [-0.39, 0.29) is 36.1 Å². The molecule has 1 aromatic heterocycles. The molecule has 0 saturated carbocycles. The molecule has 1 aromatic carbocycles. The number of benzene rings is 1. The Bertz CT molecular complexity index is 808. The Labute approximate surface area is 162 Å². The van der Waals surface area contributed by atoms with E-state index >= 15 is 0 Å². The van der Waals surface area contributed by atoms with Gasteiger partial charge in [0.25, 0.3) is 0 Å². The van der Waals surface area contributed by atoms with Gasteiger partial charge in [-0.1, -0.05) is 11.6 Å². The molecule has 3 rings (SSSR count). The molecule has 2 amide bonds. The molecule has 1 aliphatic rings. The quantitative estimate of drug-likeness (QED) is 0.738. The van der Waals surface area contributed by atoms with Crippen molar-refractivity contribution < 1.29 is 9.59 Å². The van der Waals surface area contributed by atoms with Gasteiger partial charge in [0, 0.05) is 44.2 Å². The molecule has 1 aliphatic heterocycles. The molecule has 7 nitrogen and oxygen atoms in total. The summed E-state index contributed by atoms with van der Waals surface area (Å²) in [6.45, 7) is 2.73. The highest BCUT2D eigenvalue weighted by atomic mass is 35.5. The Morgan fingerprint density at radius 2 is 2.04 bits per heavy atom. The number of nitrogens with one attached hydrogen (secondary N) is 3. The second-order valence-electron chi connectivity index (χ2n) is 6.18. The molecule has 0 radical (unpaired) electrons. The molecule has 2 heterocycles. The van der Waals surface area contributed by atoms with Crippen LogP contribution < -0.4 is 16.0 Å². The zero-order chi connectivity index (χ0) is 18.0. The normalized spacial score (nSPS) is 18.9. The lowest BCUT2D eigenvalue weighted by atomic mass is 9.90. The first-order valence-electron chi connectivity index (χ1n) is 8.01. The maximum Gasteiger partial charge on any atom is 0.229 e. The van der Waals surface area contributed by atoms with Crippen molar-refractivity contribution in [1.29, 1.82) is 0 Å². The van der Waals surface area contributed by atoms with Gasteiger partial charge in [-0.05, 0) is 23.8 Å². The summed E-state index contributed by atoms with van der Waals surface area (Å²) in [5, 5.41) is 13.5. The van der Waals surface area contributed by atoms with Crippen LogP contribution in [-0.2, 0) is 16.6 Å². The molecule has 2 atom stereocenters. The monoisotopic (exact) mass is 397 g/mol. The molecule has 1 fully saturated rings. The predicted molar refractivity (Wildman–Crippen MR) is 104 cm³/mol. The maximum absolute atomic E-state index is 12.8. The fourth-order valence-electron chi connectivity index (χ4n) is 3.08. The molecule has 9 heteroatoms. The van der Waals surface area contributed by atoms with Gasteiger partial charge in [-0.25, -0.2) is 0 Å². The summed E-state index contributed by atoms with van der Waals surface area (Å²) < 4.78 is 1.73. The third-order valence-corrected chi connectivity index (χ3v) is 4.49. The lowest BCUT2D eigenvalue weighted by Crippen LogP contribution is -2.28. The number of rotatable bonds is 4. The first-order chi connectivity index (χ1) is 11.9. The average molecular weight is 398 g/mol. The van der Waals surface area contributed by atoms with Crippen LogP contribution in [0.25, 0.3) is 0 Å². The van der Waals surface area contributed by atoms with Gasteiger partial charge in [-0.2, -0.15) is 5.10 Å². The van der Waals surface area contributed by atoms with E-state index in [9.17, 15) is 9.59 Å². The van der Waals surface area contributed by atoms with E-state index in [2.05, 4.69) is 21.0 Å². The Balaban J connectivity index is 0.00000243. The number of aryl methyl sites for hydroxylation is 1. The Kier molecular flexibility index (Phi) is 6.63. The lowest BCUT2D eigenvalue weighted by molar-refractivity contribution is -0.119. The van der Waals surface area contributed by atoms with Crippen LogP contribution in [0.3, 0.4) is 0 Å². The van der Waals surface area contributed by atoms with Crippen LogP contribution >= 0.6 is 24.0 Å². The van der Waals surface area contributed by atoms with Gasteiger partial charge >= 0.3 is 0 Å². The maximum atomic E-state index is 12.8. The standard InChI is InChI=1S/C17H20ClN5O2.ClH/c1-10(24)21-16-5-12(18)3-4-15(16)22-17(25)14-8-19-7-13(14)11-6-20-23(2)9-11;/h3-6,9,13-14,19H,7-8H2,1-2H3,(H,21,24)(H,22,25);1H/t13-,14+;/m1./s1. The van der Waals surface area contributed by atoms with Crippen molar-refractivity contribution in [3.05, 3.63) is 41.2 Å². The molecule has 1 saturated heterocycles. The Morgan fingerprint density at radius 3 is 2.69 bits per heavy atom. The van der Waals surface area contributed by atoms with Crippen molar-refractivity contribution in [2.45, 2.75) is 12.8 Å². The average Bonchev–Trinajstić information content (AvgIpc) is 3.17. The molecule has 140 valence electrons. The van der Waals surface area contributed by atoms with Crippen LogP contribution in [0.5, 0.6) is 0 Å². The number of halogens is 2. The SMILES string of the molecule is CC(=O)Nc1cc(Cl)ccc1NC(=O)[C@H]1CNC[C@@H]1c1cnn(C)c1.Cl. The number of hydrogen-bond acceptors (Lipinski definition) is 4. The van der Waals surface area contributed by atoms with Crippen LogP contribution in [0.2, 0.25) is 5.02 Å². The smallest absolute Gasteiger partial charge is 0.229 e. The molecule has 0 unspecified atom stereocenters. The van der Waals surface area contributed by atoms with Crippen LogP contribution in [0.15, 0.2) is 30.6 Å². The van der Waals surface area contributed by atoms with Crippen molar-refractivity contribution in [2.24, 2.45) is 13.0 Å². The predicted octanol–water partition coefficient (Wildman–Crippen LogP) is 2.40.